The number of carbonyl (C=O) groups is 1. The molecule has 0 saturated carbocycles. The van der Waals surface area contributed by atoms with E-state index in [2.05, 4.69) is 14.7 Å². The molecule has 0 aromatic heterocycles. The number of nitrogens with one attached hydrogen (secondary N) is 1. The summed E-state index contributed by atoms with van der Waals surface area (Å²) in [5.74, 6) is -1.56. The second kappa shape index (κ2) is 10.1. The lowest BCUT2D eigenvalue weighted by Crippen LogP contribution is -2.43. The fourth-order valence-electron chi connectivity index (χ4n) is 5.43. The summed E-state index contributed by atoms with van der Waals surface area (Å²) in [6.07, 6.45) is 0.138. The highest BCUT2D eigenvalue weighted by Gasteiger charge is 2.53. The molecule has 0 amide bonds. The predicted molar refractivity (Wildman–Crippen MR) is 132 cm³/mol. The fourth-order valence-corrected chi connectivity index (χ4v) is 6.75. The summed E-state index contributed by atoms with van der Waals surface area (Å²) in [5, 5.41) is 13.9. The van der Waals surface area contributed by atoms with Crippen molar-refractivity contribution >= 4 is 16.0 Å². The Balaban J connectivity index is 1.64. The van der Waals surface area contributed by atoms with E-state index in [1.807, 2.05) is 0 Å². The van der Waals surface area contributed by atoms with Crippen LogP contribution in [-0.2, 0) is 19.6 Å². The lowest BCUT2D eigenvalue weighted by Gasteiger charge is -2.39. The molecule has 38 heavy (non-hydrogen) atoms. The first-order valence-corrected chi connectivity index (χ1v) is 13.5. The van der Waals surface area contributed by atoms with E-state index in [-0.39, 0.29) is 49.4 Å². The van der Waals surface area contributed by atoms with Crippen LogP contribution in [0.25, 0.3) is 10.4 Å². The highest BCUT2D eigenvalue weighted by Crippen LogP contribution is 2.55. The summed E-state index contributed by atoms with van der Waals surface area (Å²) in [6, 6.07) is 5.93. The van der Waals surface area contributed by atoms with Crippen LogP contribution in [0.1, 0.15) is 35.1 Å². The van der Waals surface area contributed by atoms with Crippen LogP contribution in [0, 0.1) is 11.8 Å². The number of ether oxygens (including phenoxy) is 5. The van der Waals surface area contributed by atoms with Gasteiger partial charge in [0.2, 0.25) is 22.6 Å². The van der Waals surface area contributed by atoms with E-state index < -0.39 is 39.8 Å². The van der Waals surface area contributed by atoms with Crippen molar-refractivity contribution in [2.45, 2.75) is 18.4 Å². The predicted octanol–water partition coefficient (Wildman–Crippen LogP) is 2.73. The average Bonchev–Trinajstić information content (AvgIpc) is 3.52. The molecule has 2 aromatic rings. The molecule has 3 aliphatic rings. The molecule has 4 atom stereocenters. The molecule has 14 heteroatoms. The molecule has 13 nitrogen and oxygen atoms in total. The highest BCUT2D eigenvalue weighted by molar-refractivity contribution is 7.89. The van der Waals surface area contributed by atoms with Crippen molar-refractivity contribution in [1.82, 2.24) is 4.72 Å². The molecule has 202 valence electrons. The molecule has 2 aromatic carbocycles. The number of hydrogen-bond donors (Lipinski definition) is 2. The summed E-state index contributed by atoms with van der Waals surface area (Å²) >= 11 is 0. The normalized spacial score (nSPS) is 23.2. The summed E-state index contributed by atoms with van der Waals surface area (Å²) in [7, 11) is -1.01. The molecule has 0 radical (unpaired) electrons. The second-order valence-electron chi connectivity index (χ2n) is 9.13. The van der Waals surface area contributed by atoms with Crippen LogP contribution >= 0.6 is 0 Å². The van der Waals surface area contributed by atoms with Crippen molar-refractivity contribution in [3.63, 3.8) is 0 Å². The van der Waals surface area contributed by atoms with Crippen LogP contribution in [0.3, 0.4) is 0 Å². The largest absolute Gasteiger partial charge is 0.502 e. The van der Waals surface area contributed by atoms with Gasteiger partial charge in [-0.15, -0.1) is 0 Å². The van der Waals surface area contributed by atoms with E-state index in [0.717, 1.165) is 0 Å². The van der Waals surface area contributed by atoms with E-state index in [0.29, 0.717) is 28.2 Å². The molecule has 0 unspecified atom stereocenters. The highest BCUT2D eigenvalue weighted by atomic mass is 32.2. The van der Waals surface area contributed by atoms with Gasteiger partial charge in [-0.1, -0.05) is 5.11 Å². The Morgan fingerprint density at radius 1 is 1.11 bits per heavy atom. The van der Waals surface area contributed by atoms with Crippen molar-refractivity contribution in [2.24, 2.45) is 17.0 Å². The molecule has 5 rings (SSSR count). The van der Waals surface area contributed by atoms with E-state index in [4.69, 9.17) is 29.2 Å². The number of azide groups is 1. The number of phenolic OH excluding ortho intramolecular Hbond substituents is 1. The van der Waals surface area contributed by atoms with E-state index >= 15 is 0 Å². The van der Waals surface area contributed by atoms with Gasteiger partial charge in [-0.3, -0.25) is 4.79 Å². The summed E-state index contributed by atoms with van der Waals surface area (Å²) in [6.45, 7) is 0.0538. The smallest absolute Gasteiger partial charge is 0.310 e. The first kappa shape index (κ1) is 25.8. The summed E-state index contributed by atoms with van der Waals surface area (Å²) in [5.41, 5.74) is 10.3. The molecule has 1 saturated heterocycles. The van der Waals surface area contributed by atoms with Gasteiger partial charge in [0.15, 0.2) is 23.0 Å². The molecule has 0 spiro atoms. The number of aromatic hydroxyl groups is 1. The SMILES string of the molecule is COc1cc([C@@H]2c3cc4c(cc3[C@@H](NS(=O)(=O)CCCN=[N+]=[N-])[C@H]3COC(=O)[C@H]23)OCO4)cc(OC)c1O. The molecule has 2 N–H and O–H groups in total. The number of phenols is 1. The van der Waals surface area contributed by atoms with Gasteiger partial charge in [-0.25, -0.2) is 13.1 Å². The van der Waals surface area contributed by atoms with Gasteiger partial charge in [0.25, 0.3) is 0 Å². The third kappa shape index (κ3) is 4.51. The third-order valence-electron chi connectivity index (χ3n) is 7.09. The lowest BCUT2D eigenvalue weighted by atomic mass is 9.65. The van der Waals surface area contributed by atoms with Crippen LogP contribution in [0.4, 0.5) is 0 Å². The number of benzene rings is 2. The van der Waals surface area contributed by atoms with Gasteiger partial charge in [-0.05, 0) is 52.9 Å². The van der Waals surface area contributed by atoms with Gasteiger partial charge in [0, 0.05) is 23.3 Å². The van der Waals surface area contributed by atoms with Crippen LogP contribution < -0.4 is 23.7 Å². The average molecular weight is 547 g/mol. The Morgan fingerprint density at radius 3 is 2.39 bits per heavy atom. The van der Waals surface area contributed by atoms with Crippen LogP contribution in [0.15, 0.2) is 29.4 Å². The topological polar surface area (TPSA) is 178 Å². The molecule has 1 fully saturated rings. The third-order valence-corrected chi connectivity index (χ3v) is 8.53. The van der Waals surface area contributed by atoms with Crippen LogP contribution in [0.2, 0.25) is 0 Å². The van der Waals surface area contributed by atoms with Crippen molar-refractivity contribution in [3.8, 4) is 28.7 Å². The lowest BCUT2D eigenvalue weighted by molar-refractivity contribution is -0.141. The number of nitrogens with zero attached hydrogens (tertiary/aromatic N) is 3. The monoisotopic (exact) mass is 546 g/mol. The van der Waals surface area contributed by atoms with Crippen LogP contribution in [-0.4, -0.2) is 59.4 Å². The van der Waals surface area contributed by atoms with E-state index in [1.165, 1.54) is 14.2 Å². The molecule has 2 heterocycles. The zero-order valence-electron chi connectivity index (χ0n) is 20.6. The number of sulfonamides is 1. The number of rotatable bonds is 9. The molecule has 2 aliphatic heterocycles. The van der Waals surface area contributed by atoms with E-state index in [9.17, 15) is 18.3 Å². The molecule has 1 aliphatic carbocycles. The minimum absolute atomic E-state index is 0.00610. The van der Waals surface area contributed by atoms with Crippen molar-refractivity contribution in [3.05, 3.63) is 51.4 Å². The summed E-state index contributed by atoms with van der Waals surface area (Å²) in [4.78, 5) is 15.8. The minimum atomic E-state index is -3.83. The number of carbonyl (C=O) groups excluding carboxylic acids is 1. The number of esters is 1. The van der Waals surface area contributed by atoms with Crippen LogP contribution in [0.5, 0.6) is 28.7 Å². The molecular weight excluding hydrogens is 520 g/mol. The quantitative estimate of drug-likeness (QED) is 0.157. The second-order valence-corrected chi connectivity index (χ2v) is 11.0. The number of cyclic esters (lactones) is 1. The Morgan fingerprint density at radius 2 is 1.76 bits per heavy atom. The van der Waals surface area contributed by atoms with Gasteiger partial charge in [0.05, 0.1) is 38.5 Å². The Hall–Kier alpha value is -3.87. The maximum atomic E-state index is 13.2. The van der Waals surface area contributed by atoms with Gasteiger partial charge < -0.3 is 28.8 Å². The Labute approximate surface area is 218 Å². The first-order chi connectivity index (χ1) is 18.3. The maximum absolute atomic E-state index is 13.2. The summed E-state index contributed by atoms with van der Waals surface area (Å²) < 4.78 is 56.2. The number of methoxy groups -OCH3 is 2. The van der Waals surface area contributed by atoms with E-state index in [1.54, 1.807) is 24.3 Å². The van der Waals surface area contributed by atoms with Crippen molar-refractivity contribution in [1.29, 1.82) is 0 Å². The van der Waals surface area contributed by atoms with Gasteiger partial charge in [0.1, 0.15) is 0 Å². The fraction of sp³-hybridized carbons (Fsp3) is 0.458. The Bertz CT molecular complexity index is 1400. The van der Waals surface area contributed by atoms with Crippen molar-refractivity contribution < 1.29 is 42.0 Å². The zero-order chi connectivity index (χ0) is 27.0. The number of fused-ring (bicyclic) bond motifs is 3. The number of hydrogen-bond acceptors (Lipinski definition) is 10. The Kier molecular flexibility index (Phi) is 6.86. The first-order valence-electron chi connectivity index (χ1n) is 11.8. The minimum Gasteiger partial charge on any atom is -0.502 e. The standard InChI is InChI=1S/C24H26N4O9S/c1-33-18-6-12(7-19(34-2)23(18)29)20-13-8-16-17(37-11-36-16)9-14(13)22(15-10-35-24(30)21(15)20)27-38(31,32)5-3-4-26-28-25/h6-9,15,20-22,27,29H,3-5,10-11H2,1-2H3/t15-,20+,21-,22+/m0/s1. The zero-order valence-corrected chi connectivity index (χ0v) is 21.4. The maximum Gasteiger partial charge on any atom is 0.310 e. The van der Waals surface area contributed by atoms with Crippen molar-refractivity contribution in [2.75, 3.05) is 39.9 Å². The van der Waals surface area contributed by atoms with Gasteiger partial charge in [-0.2, -0.15) is 0 Å². The molecule has 0 bridgehead atoms. The molecular formula is C24H26N4O9S. The van der Waals surface area contributed by atoms with Gasteiger partial charge >= 0.3 is 5.97 Å².